The molecule has 1 aromatic heterocycles. The van der Waals surface area contributed by atoms with Gasteiger partial charge in [-0.3, -0.25) is 15.1 Å². The molecule has 0 saturated carbocycles. The monoisotopic (exact) mass is 328 g/mol. The number of anilines is 1. The lowest BCUT2D eigenvalue weighted by molar-refractivity contribution is -0.384. The van der Waals surface area contributed by atoms with Gasteiger partial charge in [0, 0.05) is 23.7 Å². The third kappa shape index (κ3) is 3.35. The van der Waals surface area contributed by atoms with Crippen LogP contribution in [0.15, 0.2) is 28.7 Å². The van der Waals surface area contributed by atoms with E-state index in [2.05, 4.69) is 9.71 Å². The molecule has 0 unspecified atom stereocenters. The number of hydrogen-bond donors (Lipinski definition) is 2. The summed E-state index contributed by atoms with van der Waals surface area (Å²) in [7, 11) is -3.87. The Labute approximate surface area is 124 Å². The van der Waals surface area contributed by atoms with E-state index >= 15 is 0 Å². The van der Waals surface area contributed by atoms with Crippen molar-refractivity contribution in [3.8, 4) is 0 Å². The molecular formula is C11H12N4O4S2. The van der Waals surface area contributed by atoms with Gasteiger partial charge in [-0.1, -0.05) is 0 Å². The van der Waals surface area contributed by atoms with E-state index in [9.17, 15) is 18.5 Å². The van der Waals surface area contributed by atoms with Crippen LogP contribution in [0.2, 0.25) is 0 Å². The molecule has 0 spiro atoms. The number of benzene rings is 1. The molecule has 8 nitrogen and oxygen atoms in total. The fraction of sp³-hybridized carbons (Fsp3) is 0.182. The number of aromatic nitrogens is 1. The average molecular weight is 328 g/mol. The van der Waals surface area contributed by atoms with Crippen LogP contribution in [-0.2, 0) is 16.6 Å². The Hall–Kier alpha value is -2.04. The van der Waals surface area contributed by atoms with Crippen LogP contribution in [0.1, 0.15) is 10.4 Å². The van der Waals surface area contributed by atoms with Gasteiger partial charge in [-0.25, -0.2) is 13.1 Å². The summed E-state index contributed by atoms with van der Waals surface area (Å²) in [5.74, 6) is 0. The molecule has 112 valence electrons. The SMILES string of the molecule is Cc1cc(N)c([N+](=O)[O-])cc1S(=O)(=O)NCc1cncs1. The van der Waals surface area contributed by atoms with Crippen LogP contribution in [0.25, 0.3) is 0 Å². The van der Waals surface area contributed by atoms with E-state index in [1.165, 1.54) is 24.3 Å². The predicted octanol–water partition coefficient (Wildman–Crippen LogP) is 1.42. The van der Waals surface area contributed by atoms with Crippen LogP contribution in [0.3, 0.4) is 0 Å². The first-order chi connectivity index (χ1) is 9.81. The summed E-state index contributed by atoms with van der Waals surface area (Å²) in [6, 6.07) is 2.25. The number of nitrogens with two attached hydrogens (primary N) is 1. The molecule has 2 aromatic rings. The van der Waals surface area contributed by atoms with Gasteiger partial charge in [0.15, 0.2) is 0 Å². The lowest BCUT2D eigenvalue weighted by Gasteiger charge is -2.09. The van der Waals surface area contributed by atoms with Crippen LogP contribution in [0.5, 0.6) is 0 Å². The zero-order chi connectivity index (χ0) is 15.6. The topological polar surface area (TPSA) is 128 Å². The number of nitro groups is 1. The maximum atomic E-state index is 12.2. The highest BCUT2D eigenvalue weighted by Gasteiger charge is 2.23. The Bertz CT molecular complexity index is 772. The Kier molecular flexibility index (Phi) is 4.21. The lowest BCUT2D eigenvalue weighted by Crippen LogP contribution is -2.23. The summed E-state index contributed by atoms with van der Waals surface area (Å²) in [6.45, 7) is 1.60. The molecule has 10 heteroatoms. The normalized spacial score (nSPS) is 11.5. The number of sulfonamides is 1. The molecule has 0 radical (unpaired) electrons. The molecule has 1 heterocycles. The Morgan fingerprint density at radius 3 is 2.76 bits per heavy atom. The molecule has 0 bridgehead atoms. The molecule has 2 rings (SSSR count). The van der Waals surface area contributed by atoms with Crippen LogP contribution < -0.4 is 10.5 Å². The van der Waals surface area contributed by atoms with E-state index in [0.717, 1.165) is 10.9 Å². The Morgan fingerprint density at radius 1 is 1.48 bits per heavy atom. The minimum absolute atomic E-state index is 0.0705. The fourth-order valence-corrected chi connectivity index (χ4v) is 3.60. The highest BCUT2D eigenvalue weighted by atomic mass is 32.2. The van der Waals surface area contributed by atoms with Gasteiger partial charge < -0.3 is 5.73 Å². The number of aryl methyl sites for hydroxylation is 1. The average Bonchev–Trinajstić information content (AvgIpc) is 2.88. The number of nitrogens with zero attached hydrogens (tertiary/aromatic N) is 2. The molecule has 21 heavy (non-hydrogen) atoms. The van der Waals surface area contributed by atoms with Gasteiger partial charge in [-0.05, 0) is 18.6 Å². The van der Waals surface area contributed by atoms with E-state index in [0.29, 0.717) is 5.56 Å². The largest absolute Gasteiger partial charge is 0.393 e. The molecule has 0 amide bonds. The van der Waals surface area contributed by atoms with Crippen LogP contribution in [-0.4, -0.2) is 18.3 Å². The van der Waals surface area contributed by atoms with Crippen LogP contribution >= 0.6 is 11.3 Å². The van der Waals surface area contributed by atoms with Gasteiger partial charge in [-0.15, -0.1) is 11.3 Å². The number of nitrogens with one attached hydrogen (secondary N) is 1. The van der Waals surface area contributed by atoms with E-state index in [-0.39, 0.29) is 17.1 Å². The quantitative estimate of drug-likeness (QED) is 0.485. The van der Waals surface area contributed by atoms with Crippen molar-refractivity contribution in [3.05, 3.63) is 44.4 Å². The minimum Gasteiger partial charge on any atom is -0.393 e. The Balaban J connectivity index is 2.35. The highest BCUT2D eigenvalue weighted by molar-refractivity contribution is 7.89. The van der Waals surface area contributed by atoms with Crippen molar-refractivity contribution in [1.82, 2.24) is 9.71 Å². The standard InChI is InChI=1S/C11H12N4O4S2/c1-7-2-9(12)10(15(16)17)3-11(7)21(18,19)14-5-8-4-13-6-20-8/h2-4,6,14H,5,12H2,1H3. The summed E-state index contributed by atoms with van der Waals surface area (Å²) >= 11 is 1.31. The maximum absolute atomic E-state index is 12.2. The smallest absolute Gasteiger partial charge is 0.293 e. The minimum atomic E-state index is -3.87. The van der Waals surface area contributed by atoms with Gasteiger partial charge in [0.25, 0.3) is 5.69 Å². The Morgan fingerprint density at radius 2 is 2.19 bits per heavy atom. The first-order valence-electron chi connectivity index (χ1n) is 5.73. The molecule has 0 fully saturated rings. The van der Waals surface area contributed by atoms with Crippen molar-refractivity contribution in [3.63, 3.8) is 0 Å². The third-order valence-electron chi connectivity index (χ3n) is 2.73. The highest BCUT2D eigenvalue weighted by Crippen LogP contribution is 2.28. The number of nitro benzene ring substituents is 1. The molecule has 1 aromatic carbocycles. The predicted molar refractivity (Wildman–Crippen MR) is 78.4 cm³/mol. The van der Waals surface area contributed by atoms with Gasteiger partial charge in [-0.2, -0.15) is 0 Å². The van der Waals surface area contributed by atoms with E-state index in [1.807, 2.05) is 0 Å². The summed E-state index contributed by atoms with van der Waals surface area (Å²) in [6.07, 6.45) is 1.55. The second-order valence-electron chi connectivity index (χ2n) is 4.23. The number of nitrogen functional groups attached to an aromatic ring is 1. The summed E-state index contributed by atoms with van der Waals surface area (Å²) in [4.78, 5) is 14.6. The number of thiazole rings is 1. The van der Waals surface area contributed by atoms with E-state index < -0.39 is 20.6 Å². The van der Waals surface area contributed by atoms with Crippen molar-refractivity contribution in [2.75, 3.05) is 5.73 Å². The molecule has 0 saturated heterocycles. The van der Waals surface area contributed by atoms with Crippen molar-refractivity contribution < 1.29 is 13.3 Å². The van der Waals surface area contributed by atoms with Gasteiger partial charge in [0.1, 0.15) is 5.69 Å². The van der Waals surface area contributed by atoms with Gasteiger partial charge in [0.05, 0.1) is 15.3 Å². The molecule has 0 atom stereocenters. The summed E-state index contributed by atoms with van der Waals surface area (Å²) in [5, 5.41) is 10.9. The van der Waals surface area contributed by atoms with Crippen LogP contribution in [0.4, 0.5) is 11.4 Å². The molecule has 3 N–H and O–H groups in total. The first-order valence-corrected chi connectivity index (χ1v) is 8.09. The lowest BCUT2D eigenvalue weighted by atomic mass is 10.2. The second-order valence-corrected chi connectivity index (χ2v) is 6.93. The zero-order valence-corrected chi connectivity index (χ0v) is 12.6. The van der Waals surface area contributed by atoms with E-state index in [4.69, 9.17) is 5.73 Å². The number of hydrogen-bond acceptors (Lipinski definition) is 7. The van der Waals surface area contributed by atoms with Gasteiger partial charge in [0.2, 0.25) is 10.0 Å². The summed E-state index contributed by atoms with van der Waals surface area (Å²) in [5.41, 5.74) is 6.95. The molecule has 0 aliphatic heterocycles. The van der Waals surface area contributed by atoms with Crippen molar-refractivity contribution in [2.24, 2.45) is 0 Å². The van der Waals surface area contributed by atoms with E-state index in [1.54, 1.807) is 11.7 Å². The first kappa shape index (κ1) is 15.4. The van der Waals surface area contributed by atoms with Crippen molar-refractivity contribution >= 4 is 32.7 Å². The molecular weight excluding hydrogens is 316 g/mol. The summed E-state index contributed by atoms with van der Waals surface area (Å²) < 4.78 is 26.9. The van der Waals surface area contributed by atoms with Crippen LogP contribution in [0, 0.1) is 17.0 Å². The van der Waals surface area contributed by atoms with Crippen molar-refractivity contribution in [2.45, 2.75) is 18.4 Å². The second kappa shape index (κ2) is 5.76. The maximum Gasteiger partial charge on any atom is 0.293 e. The molecule has 0 aliphatic rings. The van der Waals surface area contributed by atoms with Gasteiger partial charge >= 0.3 is 0 Å². The zero-order valence-electron chi connectivity index (χ0n) is 10.9. The molecule has 0 aliphatic carbocycles. The fourth-order valence-electron chi connectivity index (χ4n) is 1.72. The third-order valence-corrected chi connectivity index (χ3v) is 5.05. The van der Waals surface area contributed by atoms with Crippen molar-refractivity contribution in [1.29, 1.82) is 0 Å². The number of rotatable bonds is 5.